The Labute approximate surface area is 191 Å². The Morgan fingerprint density at radius 1 is 0.742 bits per heavy atom. The van der Waals surface area contributed by atoms with Crippen molar-refractivity contribution in [3.63, 3.8) is 0 Å². The fourth-order valence-corrected chi connectivity index (χ4v) is 4.16. The number of unbranched alkanes of at least 4 members (excludes halogenated alkanes) is 9. The van der Waals surface area contributed by atoms with Gasteiger partial charge in [-0.2, -0.15) is 0 Å². The first-order chi connectivity index (χ1) is 14.8. The molecule has 0 atom stereocenters. The van der Waals surface area contributed by atoms with Crippen molar-refractivity contribution in [1.29, 1.82) is 0 Å². The number of rotatable bonds is 16. The number of nitrogens with two attached hydrogens (primary N) is 2. The molecule has 0 aliphatic carbocycles. The molecule has 0 fully saturated rings. The van der Waals surface area contributed by atoms with Gasteiger partial charge in [0.25, 0.3) is 0 Å². The van der Waals surface area contributed by atoms with Gasteiger partial charge in [-0.3, -0.25) is 0 Å². The van der Waals surface area contributed by atoms with Crippen LogP contribution in [0.3, 0.4) is 0 Å². The van der Waals surface area contributed by atoms with Crippen LogP contribution in [0.2, 0.25) is 0 Å². The molecule has 0 saturated carbocycles. The zero-order chi connectivity index (χ0) is 23.5. The van der Waals surface area contributed by atoms with E-state index < -0.39 is 15.0 Å². The van der Waals surface area contributed by atoms with E-state index in [1.807, 2.05) is 4.90 Å². The van der Waals surface area contributed by atoms with Gasteiger partial charge in [0.1, 0.15) is 10.1 Å². The predicted molar refractivity (Wildman–Crippen MR) is 131 cm³/mol. The second kappa shape index (κ2) is 18.3. The average molecular weight is 458 g/mol. The second-order valence-electron chi connectivity index (χ2n) is 8.43. The first-order valence-corrected chi connectivity index (χ1v) is 13.6. The highest BCUT2D eigenvalue weighted by atomic mass is 32.2. The minimum Gasteiger partial charge on any atom is -0.744 e. The number of quaternary nitrogens is 1. The average Bonchev–Trinajstić information content (AvgIpc) is 2.70. The third-order valence-electron chi connectivity index (χ3n) is 5.45. The highest BCUT2D eigenvalue weighted by Gasteiger charge is 2.07. The van der Waals surface area contributed by atoms with E-state index >= 15 is 0 Å². The van der Waals surface area contributed by atoms with Crippen molar-refractivity contribution < 1.29 is 17.9 Å². The molecule has 0 amide bonds. The molecule has 0 aliphatic heterocycles. The van der Waals surface area contributed by atoms with Gasteiger partial charge < -0.3 is 20.9 Å². The van der Waals surface area contributed by atoms with Crippen LogP contribution in [-0.4, -0.2) is 32.6 Å². The predicted octanol–water partition coefficient (Wildman–Crippen LogP) is 4.37. The van der Waals surface area contributed by atoms with Gasteiger partial charge in [-0.25, -0.2) is 8.42 Å². The number of nitrogen functional groups attached to an aromatic ring is 2. The van der Waals surface area contributed by atoms with Gasteiger partial charge in [0.05, 0.1) is 30.2 Å². The summed E-state index contributed by atoms with van der Waals surface area (Å²) < 4.78 is 31.5. The number of anilines is 2. The van der Waals surface area contributed by atoms with Crippen molar-refractivity contribution in [3.05, 3.63) is 18.2 Å². The summed E-state index contributed by atoms with van der Waals surface area (Å²) in [4.78, 5) is 1.46. The summed E-state index contributed by atoms with van der Waals surface area (Å²) in [6.45, 7) is 11.2. The number of hydrogen-bond donors (Lipinski definition) is 3. The number of hydrogen-bond acceptors (Lipinski definition) is 5. The third kappa shape index (κ3) is 16.0. The maximum absolute atomic E-state index is 10.5. The minimum atomic E-state index is -4.48. The van der Waals surface area contributed by atoms with E-state index in [2.05, 4.69) is 20.8 Å². The van der Waals surface area contributed by atoms with Gasteiger partial charge in [0, 0.05) is 5.69 Å². The smallest absolute Gasteiger partial charge is 0.126 e. The van der Waals surface area contributed by atoms with Gasteiger partial charge in [-0.05, 0) is 56.7 Å². The van der Waals surface area contributed by atoms with Gasteiger partial charge in [0.2, 0.25) is 0 Å². The van der Waals surface area contributed by atoms with Crippen LogP contribution < -0.4 is 16.4 Å². The van der Waals surface area contributed by atoms with E-state index in [0.29, 0.717) is 5.69 Å². The molecule has 0 aromatic heterocycles. The van der Waals surface area contributed by atoms with Crippen molar-refractivity contribution in [2.45, 2.75) is 103 Å². The van der Waals surface area contributed by atoms with Gasteiger partial charge in [-0.15, -0.1) is 0 Å². The van der Waals surface area contributed by atoms with Crippen LogP contribution in [-0.2, 0) is 10.1 Å². The number of nitrogens with one attached hydrogen (secondary N) is 1. The Kier molecular flexibility index (Phi) is 17.5. The van der Waals surface area contributed by atoms with Crippen LogP contribution in [0, 0.1) is 0 Å². The SMILES string of the molecule is CCCCCC[NH+](CCCCCC)CCCCCC.Nc1ccc(S(=O)(=O)[O-])c(N)c1. The molecule has 0 spiro atoms. The zero-order valence-corrected chi connectivity index (χ0v) is 20.9. The Balaban J connectivity index is 0.000000639. The molecule has 31 heavy (non-hydrogen) atoms. The highest BCUT2D eigenvalue weighted by molar-refractivity contribution is 7.86. The fraction of sp³-hybridized carbons (Fsp3) is 0.750. The third-order valence-corrected chi connectivity index (χ3v) is 6.37. The summed E-state index contributed by atoms with van der Waals surface area (Å²) in [6, 6.07) is 3.62. The monoisotopic (exact) mass is 457 g/mol. The van der Waals surface area contributed by atoms with Crippen molar-refractivity contribution >= 4 is 21.5 Å². The molecule has 1 aromatic carbocycles. The quantitative estimate of drug-likeness (QED) is 0.194. The van der Waals surface area contributed by atoms with Crippen LogP contribution in [0.1, 0.15) is 97.8 Å². The molecule has 0 unspecified atom stereocenters. The van der Waals surface area contributed by atoms with Crippen LogP contribution in [0.15, 0.2) is 23.1 Å². The molecule has 0 aliphatic rings. The Morgan fingerprint density at radius 2 is 1.16 bits per heavy atom. The highest BCUT2D eigenvalue weighted by Crippen LogP contribution is 2.19. The molecule has 7 heteroatoms. The molecular weight excluding hydrogens is 410 g/mol. The van der Waals surface area contributed by atoms with Gasteiger partial charge >= 0.3 is 0 Å². The summed E-state index contributed by atoms with van der Waals surface area (Å²) in [6.07, 6.45) is 17.1. The molecule has 182 valence electrons. The van der Waals surface area contributed by atoms with Crippen molar-refractivity contribution in [1.82, 2.24) is 0 Å². The Bertz CT molecular complexity index is 638. The molecule has 0 bridgehead atoms. The maximum Gasteiger partial charge on any atom is 0.126 e. The van der Waals surface area contributed by atoms with Gasteiger partial charge in [0.15, 0.2) is 0 Å². The van der Waals surface area contributed by atoms with Crippen LogP contribution in [0.25, 0.3) is 0 Å². The number of benzene rings is 1. The van der Waals surface area contributed by atoms with Crippen molar-refractivity contribution in [2.24, 2.45) is 0 Å². The molecular formula is C24H47N3O3S. The summed E-state index contributed by atoms with van der Waals surface area (Å²) in [7, 11) is -4.48. The van der Waals surface area contributed by atoms with Crippen LogP contribution in [0.5, 0.6) is 0 Å². The normalized spacial score (nSPS) is 11.4. The summed E-state index contributed by atoms with van der Waals surface area (Å²) in [5.74, 6) is 0. The van der Waals surface area contributed by atoms with E-state index in [1.54, 1.807) is 0 Å². The topological polar surface area (TPSA) is 114 Å². The Hall–Kier alpha value is -1.31. The lowest BCUT2D eigenvalue weighted by Gasteiger charge is -2.19. The molecule has 5 N–H and O–H groups in total. The van der Waals surface area contributed by atoms with Gasteiger partial charge in [-0.1, -0.05) is 59.3 Å². The molecule has 6 nitrogen and oxygen atoms in total. The Morgan fingerprint density at radius 3 is 1.48 bits per heavy atom. The maximum atomic E-state index is 10.5. The van der Waals surface area contributed by atoms with E-state index in [9.17, 15) is 13.0 Å². The first-order valence-electron chi connectivity index (χ1n) is 12.2. The largest absolute Gasteiger partial charge is 0.744 e. The van der Waals surface area contributed by atoms with Crippen molar-refractivity contribution in [3.8, 4) is 0 Å². The first kappa shape index (κ1) is 29.7. The summed E-state index contributed by atoms with van der Waals surface area (Å²) >= 11 is 0. The minimum absolute atomic E-state index is 0.120. The van der Waals surface area contributed by atoms with Crippen LogP contribution >= 0.6 is 0 Å². The lowest BCUT2D eigenvalue weighted by atomic mass is 10.1. The molecule has 0 saturated heterocycles. The zero-order valence-electron chi connectivity index (χ0n) is 20.1. The molecule has 1 rings (SSSR count). The molecule has 1 aromatic rings. The summed E-state index contributed by atoms with van der Waals surface area (Å²) in [5, 5.41) is 0. The van der Waals surface area contributed by atoms with E-state index in [1.165, 1.54) is 109 Å². The summed E-state index contributed by atoms with van der Waals surface area (Å²) in [5.41, 5.74) is 10.7. The molecule has 0 radical (unpaired) electrons. The van der Waals surface area contributed by atoms with E-state index in [4.69, 9.17) is 11.5 Å². The lowest BCUT2D eigenvalue weighted by molar-refractivity contribution is -0.900. The van der Waals surface area contributed by atoms with E-state index in [-0.39, 0.29) is 5.69 Å². The van der Waals surface area contributed by atoms with Crippen LogP contribution in [0.4, 0.5) is 11.4 Å². The standard InChI is InChI=1S/C18H39N.C6H8N2O3S/c1-4-7-10-13-16-19(17-14-11-8-5-2)18-15-12-9-6-3;7-4-1-2-6(5(8)3-4)12(9,10)11/h4-18H2,1-3H3;1-3H,7-8H2,(H,9,10,11). The van der Waals surface area contributed by atoms with E-state index in [0.717, 1.165) is 6.07 Å². The fourth-order valence-electron chi connectivity index (χ4n) is 3.57. The lowest BCUT2D eigenvalue weighted by Crippen LogP contribution is -3.12. The second-order valence-corrected chi connectivity index (χ2v) is 9.78. The van der Waals surface area contributed by atoms with Crippen molar-refractivity contribution in [2.75, 3.05) is 31.1 Å². The molecule has 0 heterocycles.